The topological polar surface area (TPSA) is 239 Å². The number of rotatable bonds is 7. The summed E-state index contributed by atoms with van der Waals surface area (Å²) < 4.78 is 67.1. The first-order chi connectivity index (χ1) is 18.2. The summed E-state index contributed by atoms with van der Waals surface area (Å²) in [6.45, 7) is 2.91. The Hall–Kier alpha value is -4.58. The average Bonchev–Trinajstić information content (AvgIpc) is 2.80. The number of fused-ring (bicyclic) bond motifs is 1. The van der Waals surface area contributed by atoms with Gasteiger partial charge in [0, 0.05) is 23.4 Å². The normalized spacial score (nSPS) is 12.1. The Morgan fingerprint density at radius 2 is 1.62 bits per heavy atom. The van der Waals surface area contributed by atoms with Crippen LogP contribution in [0, 0.1) is 6.92 Å². The second-order valence-electron chi connectivity index (χ2n) is 8.05. The zero-order valence-corrected chi connectivity index (χ0v) is 21.8. The highest BCUT2D eigenvalue weighted by atomic mass is 32.2. The van der Waals surface area contributed by atoms with Crippen LogP contribution in [0.4, 0.5) is 34.6 Å². The molecule has 0 aliphatic carbocycles. The first-order valence-corrected chi connectivity index (χ1v) is 13.7. The van der Waals surface area contributed by atoms with Crippen LogP contribution < -0.4 is 16.4 Å². The molecule has 0 saturated carbocycles. The summed E-state index contributed by atoms with van der Waals surface area (Å²) >= 11 is 0. The van der Waals surface area contributed by atoms with Crippen molar-refractivity contribution >= 4 is 71.6 Å². The molecule has 0 spiro atoms. The molecule has 0 bridgehead atoms. The Labute approximate surface area is 221 Å². The lowest BCUT2D eigenvalue weighted by molar-refractivity contribution is -0.114. The number of azo groups is 1. The fourth-order valence-electron chi connectivity index (χ4n) is 3.60. The zero-order chi connectivity index (χ0) is 28.5. The SMILES string of the molecule is CC(=O)Nc1cc(Nc2nc(C)nc(N)n2)ccc1N=Nc1cc(S(=O)(=O)O)c2cccc(S(=O)(=O)O)c2c1. The van der Waals surface area contributed by atoms with E-state index < -0.39 is 35.9 Å². The van der Waals surface area contributed by atoms with E-state index in [4.69, 9.17) is 5.73 Å². The molecule has 0 aliphatic heterocycles. The van der Waals surface area contributed by atoms with Crippen molar-refractivity contribution in [3.05, 3.63) is 54.4 Å². The van der Waals surface area contributed by atoms with E-state index in [-0.39, 0.29) is 39.7 Å². The Kier molecular flexibility index (Phi) is 7.25. The van der Waals surface area contributed by atoms with Crippen molar-refractivity contribution in [2.24, 2.45) is 10.2 Å². The maximum atomic E-state index is 12.0. The van der Waals surface area contributed by atoms with Gasteiger partial charge in [-0.25, -0.2) is 0 Å². The number of aromatic nitrogens is 3. The predicted molar refractivity (Wildman–Crippen MR) is 141 cm³/mol. The lowest BCUT2D eigenvalue weighted by Crippen LogP contribution is -2.07. The van der Waals surface area contributed by atoms with Gasteiger partial charge < -0.3 is 16.4 Å². The van der Waals surface area contributed by atoms with E-state index in [0.29, 0.717) is 11.5 Å². The number of nitrogens with zero attached hydrogens (tertiary/aromatic N) is 5. The molecular formula is C22H20N8O7S2. The summed E-state index contributed by atoms with van der Waals surface area (Å²) in [6.07, 6.45) is 0. The van der Waals surface area contributed by atoms with Gasteiger partial charge in [-0.1, -0.05) is 12.1 Å². The Balaban J connectivity index is 1.80. The molecular weight excluding hydrogens is 552 g/mol. The van der Waals surface area contributed by atoms with Crippen LogP contribution in [0.3, 0.4) is 0 Å². The molecule has 1 aromatic heterocycles. The van der Waals surface area contributed by atoms with E-state index in [2.05, 4.69) is 35.8 Å². The van der Waals surface area contributed by atoms with Crippen molar-refractivity contribution in [3.63, 3.8) is 0 Å². The number of benzene rings is 3. The molecule has 39 heavy (non-hydrogen) atoms. The number of hydrogen-bond donors (Lipinski definition) is 5. The molecule has 4 rings (SSSR count). The van der Waals surface area contributed by atoms with Gasteiger partial charge >= 0.3 is 0 Å². The van der Waals surface area contributed by atoms with Crippen LogP contribution in [0.25, 0.3) is 10.8 Å². The maximum absolute atomic E-state index is 12.0. The number of anilines is 4. The van der Waals surface area contributed by atoms with Crippen LogP contribution in [0.2, 0.25) is 0 Å². The molecule has 0 aliphatic rings. The van der Waals surface area contributed by atoms with Crippen molar-refractivity contribution in [3.8, 4) is 0 Å². The second kappa shape index (κ2) is 10.3. The standard InChI is InChI=1S/C22H20N8O7S2/c1-11-24-21(23)28-22(25-11)27-13-6-7-17(18(9-13)26-12(2)31)30-29-14-8-16-15(20(10-14)39(35,36)37)4-3-5-19(16)38(32,33)34/h3-10H,1-2H3,(H,26,31)(H,32,33,34)(H,35,36,37)(H3,23,24,25,27,28). The van der Waals surface area contributed by atoms with Crippen molar-refractivity contribution in [2.75, 3.05) is 16.4 Å². The Bertz CT molecular complexity index is 1860. The van der Waals surface area contributed by atoms with E-state index in [1.165, 1.54) is 37.3 Å². The number of nitrogen functional groups attached to an aromatic ring is 1. The van der Waals surface area contributed by atoms with Gasteiger partial charge in [0.15, 0.2) is 0 Å². The molecule has 0 fully saturated rings. The number of hydrogen-bond acceptors (Lipinski definition) is 12. The Morgan fingerprint density at radius 3 is 2.26 bits per heavy atom. The van der Waals surface area contributed by atoms with E-state index in [1.54, 1.807) is 13.0 Å². The summed E-state index contributed by atoms with van der Waals surface area (Å²) in [6, 6.07) is 10.2. The van der Waals surface area contributed by atoms with E-state index >= 15 is 0 Å². The van der Waals surface area contributed by atoms with Gasteiger partial charge in [0.1, 0.15) is 21.3 Å². The summed E-state index contributed by atoms with van der Waals surface area (Å²) in [5.41, 5.74) is 6.26. The first kappa shape index (κ1) is 27.5. The number of carbonyl (C=O) groups excluding carboxylic acids is 1. The summed E-state index contributed by atoms with van der Waals surface area (Å²) in [4.78, 5) is 22.6. The van der Waals surface area contributed by atoms with Crippen molar-refractivity contribution in [1.82, 2.24) is 15.0 Å². The van der Waals surface area contributed by atoms with Gasteiger partial charge in [-0.3, -0.25) is 13.9 Å². The third kappa shape index (κ3) is 6.47. The maximum Gasteiger partial charge on any atom is 0.295 e. The predicted octanol–water partition coefficient (Wildman–Crippen LogP) is 3.53. The molecule has 202 valence electrons. The van der Waals surface area contributed by atoms with Crippen LogP contribution in [0.1, 0.15) is 12.7 Å². The third-order valence-electron chi connectivity index (χ3n) is 5.06. The molecule has 0 radical (unpaired) electrons. The molecule has 4 aromatic rings. The van der Waals surface area contributed by atoms with Crippen LogP contribution in [-0.2, 0) is 25.0 Å². The summed E-state index contributed by atoms with van der Waals surface area (Å²) in [5.74, 6) is 0.122. The van der Waals surface area contributed by atoms with Crippen molar-refractivity contribution in [2.45, 2.75) is 23.6 Å². The number of nitrogens with one attached hydrogen (secondary N) is 2. The minimum atomic E-state index is -4.83. The minimum Gasteiger partial charge on any atom is -0.368 e. The van der Waals surface area contributed by atoms with Gasteiger partial charge in [0.2, 0.25) is 17.8 Å². The molecule has 17 heteroatoms. The highest BCUT2D eigenvalue weighted by molar-refractivity contribution is 7.86. The largest absolute Gasteiger partial charge is 0.368 e. The number of carbonyl (C=O) groups is 1. The fourth-order valence-corrected chi connectivity index (χ4v) is 5.02. The molecule has 15 nitrogen and oxygen atoms in total. The molecule has 0 saturated heterocycles. The zero-order valence-electron chi connectivity index (χ0n) is 20.2. The molecule has 1 amide bonds. The smallest absolute Gasteiger partial charge is 0.295 e. The van der Waals surface area contributed by atoms with Crippen LogP contribution >= 0.6 is 0 Å². The fraction of sp³-hybridized carbons (Fsp3) is 0.0909. The van der Waals surface area contributed by atoms with Gasteiger partial charge in [-0.05, 0) is 43.3 Å². The lowest BCUT2D eigenvalue weighted by Gasteiger charge is -2.11. The summed E-state index contributed by atoms with van der Waals surface area (Å²) in [7, 11) is -9.59. The number of nitrogens with two attached hydrogens (primary N) is 1. The van der Waals surface area contributed by atoms with Gasteiger partial charge in [-0.15, -0.1) is 5.11 Å². The molecule has 3 aromatic carbocycles. The van der Waals surface area contributed by atoms with Crippen molar-refractivity contribution in [1.29, 1.82) is 0 Å². The van der Waals surface area contributed by atoms with Crippen LogP contribution in [0.5, 0.6) is 0 Å². The highest BCUT2D eigenvalue weighted by Crippen LogP contribution is 2.35. The molecule has 1 heterocycles. The molecule has 0 atom stereocenters. The van der Waals surface area contributed by atoms with Gasteiger partial charge in [0.25, 0.3) is 20.2 Å². The van der Waals surface area contributed by atoms with Crippen LogP contribution in [-0.4, -0.2) is 46.8 Å². The second-order valence-corrected chi connectivity index (χ2v) is 10.8. The first-order valence-electron chi connectivity index (χ1n) is 10.8. The average molecular weight is 573 g/mol. The van der Waals surface area contributed by atoms with Crippen LogP contribution in [0.15, 0.2) is 68.6 Å². The molecule has 0 unspecified atom stereocenters. The number of amides is 1. The van der Waals surface area contributed by atoms with E-state index in [1.807, 2.05) is 0 Å². The van der Waals surface area contributed by atoms with E-state index in [0.717, 1.165) is 12.1 Å². The highest BCUT2D eigenvalue weighted by Gasteiger charge is 2.21. The van der Waals surface area contributed by atoms with Gasteiger partial charge in [0.05, 0.1) is 11.4 Å². The quantitative estimate of drug-likeness (QED) is 0.158. The van der Waals surface area contributed by atoms with E-state index in [9.17, 15) is 30.7 Å². The van der Waals surface area contributed by atoms with Crippen molar-refractivity contribution < 1.29 is 30.7 Å². The van der Waals surface area contributed by atoms with Gasteiger partial charge in [-0.2, -0.15) is 36.9 Å². The molecule has 6 N–H and O–H groups in total. The lowest BCUT2D eigenvalue weighted by atomic mass is 10.1. The third-order valence-corrected chi connectivity index (χ3v) is 6.87. The monoisotopic (exact) mass is 572 g/mol. The summed E-state index contributed by atoms with van der Waals surface area (Å²) in [5, 5.41) is 13.2. The Morgan fingerprint density at radius 1 is 0.897 bits per heavy atom. The minimum absolute atomic E-state index is 0.00862. The number of aryl methyl sites for hydroxylation is 1.